The second kappa shape index (κ2) is 6.28. The zero-order valence-electron chi connectivity index (χ0n) is 10.9. The molecule has 0 amide bonds. The molecule has 0 radical (unpaired) electrons. The van der Waals surface area contributed by atoms with Gasteiger partial charge in [0.25, 0.3) is 5.56 Å². The van der Waals surface area contributed by atoms with Crippen LogP contribution in [0.2, 0.25) is 0 Å². The van der Waals surface area contributed by atoms with Crippen LogP contribution in [0.4, 0.5) is 0 Å². The lowest BCUT2D eigenvalue weighted by Crippen LogP contribution is -2.14. The van der Waals surface area contributed by atoms with Gasteiger partial charge in [-0.3, -0.25) is 9.59 Å². The van der Waals surface area contributed by atoms with Crippen molar-refractivity contribution >= 4 is 17.7 Å². The normalized spacial score (nSPS) is 10.5. The van der Waals surface area contributed by atoms with Crippen molar-refractivity contribution in [2.45, 2.75) is 30.1 Å². The number of hydrogen-bond donors (Lipinski definition) is 1. The van der Waals surface area contributed by atoms with Crippen LogP contribution in [0.3, 0.4) is 0 Å². The lowest BCUT2D eigenvalue weighted by Gasteiger charge is -2.03. The van der Waals surface area contributed by atoms with Gasteiger partial charge < -0.3 is 9.72 Å². The number of aryl methyl sites for hydroxylation is 1. The number of rotatable bonds is 5. The molecule has 0 aliphatic heterocycles. The quantitative estimate of drug-likeness (QED) is 0.587. The number of aromatic amines is 1. The van der Waals surface area contributed by atoms with Crippen LogP contribution in [-0.4, -0.2) is 43.3 Å². The summed E-state index contributed by atoms with van der Waals surface area (Å²) in [7, 11) is 1.28. The molecule has 0 saturated carbocycles. The molecule has 0 saturated heterocycles. The Morgan fingerprint density at radius 1 is 1.55 bits per heavy atom. The van der Waals surface area contributed by atoms with E-state index in [4.69, 9.17) is 0 Å². The highest BCUT2D eigenvalue weighted by atomic mass is 32.2. The molecule has 2 aromatic heterocycles. The molecule has 106 valence electrons. The van der Waals surface area contributed by atoms with Crippen LogP contribution in [0, 0.1) is 0 Å². The molecule has 0 aromatic carbocycles. The predicted octanol–water partition coefficient (Wildman–Crippen LogP) is -0.357. The highest BCUT2D eigenvalue weighted by molar-refractivity contribution is 7.99. The molecule has 0 aliphatic rings. The number of esters is 1. The lowest BCUT2D eigenvalue weighted by molar-refractivity contribution is -0.141. The van der Waals surface area contributed by atoms with Crippen molar-refractivity contribution in [2.24, 2.45) is 0 Å². The van der Waals surface area contributed by atoms with Gasteiger partial charge >= 0.3 is 5.97 Å². The van der Waals surface area contributed by atoms with Gasteiger partial charge in [0.1, 0.15) is 17.4 Å². The molecule has 0 bridgehead atoms. The molecule has 9 nitrogen and oxygen atoms in total. The molecular formula is C10H12N6O3S. The molecule has 0 fully saturated rings. The number of aromatic nitrogens is 6. The summed E-state index contributed by atoms with van der Waals surface area (Å²) in [5, 5.41) is 11.8. The minimum absolute atomic E-state index is 0.102. The van der Waals surface area contributed by atoms with Crippen LogP contribution in [0.25, 0.3) is 0 Å². The van der Waals surface area contributed by atoms with E-state index in [1.54, 1.807) is 0 Å². The molecule has 0 atom stereocenters. The van der Waals surface area contributed by atoms with Gasteiger partial charge in [-0.15, -0.1) is 5.10 Å². The van der Waals surface area contributed by atoms with Crippen molar-refractivity contribution in [1.29, 1.82) is 0 Å². The summed E-state index contributed by atoms with van der Waals surface area (Å²) in [5.74, 6) is 0.110. The zero-order chi connectivity index (χ0) is 14.5. The van der Waals surface area contributed by atoms with Crippen molar-refractivity contribution in [3.8, 4) is 0 Å². The first-order valence-electron chi connectivity index (χ1n) is 5.73. The summed E-state index contributed by atoms with van der Waals surface area (Å²) in [6, 6.07) is 1.35. The summed E-state index contributed by atoms with van der Waals surface area (Å²) in [6.45, 7) is 1.78. The second-order valence-electron chi connectivity index (χ2n) is 3.68. The first-order chi connectivity index (χ1) is 9.62. The lowest BCUT2D eigenvalue weighted by atomic mass is 10.4. The van der Waals surface area contributed by atoms with Gasteiger partial charge in [0.2, 0.25) is 5.16 Å². The Balaban J connectivity index is 2.22. The van der Waals surface area contributed by atoms with E-state index in [0.29, 0.717) is 22.4 Å². The number of tetrazole rings is 1. The van der Waals surface area contributed by atoms with Crippen molar-refractivity contribution in [3.05, 3.63) is 22.2 Å². The third-order valence-corrected chi connectivity index (χ3v) is 3.20. The van der Waals surface area contributed by atoms with E-state index in [1.807, 2.05) is 6.92 Å². The van der Waals surface area contributed by atoms with E-state index in [1.165, 1.54) is 17.9 Å². The Labute approximate surface area is 117 Å². The fourth-order valence-corrected chi connectivity index (χ4v) is 2.15. The summed E-state index contributed by atoms with van der Waals surface area (Å²) >= 11 is 1.11. The molecular weight excluding hydrogens is 284 g/mol. The van der Waals surface area contributed by atoms with Gasteiger partial charge in [-0.05, 0) is 22.2 Å². The van der Waals surface area contributed by atoms with Crippen LogP contribution in [0.5, 0.6) is 0 Å². The maximum absolute atomic E-state index is 11.5. The monoisotopic (exact) mass is 296 g/mol. The molecule has 0 unspecified atom stereocenters. The van der Waals surface area contributed by atoms with E-state index >= 15 is 0 Å². The maximum Gasteiger partial charge on any atom is 0.327 e. The summed E-state index contributed by atoms with van der Waals surface area (Å²) in [4.78, 5) is 29.6. The van der Waals surface area contributed by atoms with Gasteiger partial charge in [0, 0.05) is 12.5 Å². The molecule has 1 N–H and O–H groups in total. The summed E-state index contributed by atoms with van der Waals surface area (Å²) < 4.78 is 5.83. The van der Waals surface area contributed by atoms with E-state index in [-0.39, 0.29) is 12.1 Å². The predicted molar refractivity (Wildman–Crippen MR) is 68.2 cm³/mol. The van der Waals surface area contributed by atoms with Crippen LogP contribution < -0.4 is 5.56 Å². The average molecular weight is 296 g/mol. The Kier molecular flexibility index (Phi) is 4.45. The van der Waals surface area contributed by atoms with Gasteiger partial charge in [0.15, 0.2) is 0 Å². The molecule has 20 heavy (non-hydrogen) atoms. The molecule has 2 rings (SSSR count). The van der Waals surface area contributed by atoms with Gasteiger partial charge in [-0.25, -0.2) is 9.67 Å². The molecule has 2 aromatic rings. The maximum atomic E-state index is 11.5. The fraction of sp³-hybridized carbons (Fsp3) is 0.400. The SMILES string of the molecule is CCc1nc(Sc2nnnn2CC(=O)OC)cc(=O)[nH]1. The topological polar surface area (TPSA) is 116 Å². The molecule has 2 heterocycles. The number of nitrogens with one attached hydrogen (secondary N) is 1. The summed E-state index contributed by atoms with van der Waals surface area (Å²) in [5.41, 5.74) is -0.244. The Morgan fingerprint density at radius 3 is 3.05 bits per heavy atom. The van der Waals surface area contributed by atoms with E-state index < -0.39 is 5.97 Å². The van der Waals surface area contributed by atoms with E-state index in [2.05, 4.69) is 30.2 Å². The van der Waals surface area contributed by atoms with Crippen molar-refractivity contribution in [2.75, 3.05) is 7.11 Å². The number of hydrogen-bond acceptors (Lipinski definition) is 8. The number of methoxy groups -OCH3 is 1. The first-order valence-corrected chi connectivity index (χ1v) is 6.55. The van der Waals surface area contributed by atoms with Crippen LogP contribution in [0.15, 0.2) is 21.0 Å². The van der Waals surface area contributed by atoms with Crippen molar-refractivity contribution in [1.82, 2.24) is 30.2 Å². The Bertz CT molecular complexity index is 667. The second-order valence-corrected chi connectivity index (χ2v) is 4.67. The Hall–Kier alpha value is -2.23. The minimum Gasteiger partial charge on any atom is -0.468 e. The first kappa shape index (κ1) is 14.2. The molecule has 0 aliphatic carbocycles. The highest BCUT2D eigenvalue weighted by Gasteiger charge is 2.13. The summed E-state index contributed by atoms with van der Waals surface area (Å²) in [6.07, 6.45) is 0.608. The Morgan fingerprint density at radius 2 is 2.35 bits per heavy atom. The number of carbonyl (C=O) groups excluding carboxylic acids is 1. The van der Waals surface area contributed by atoms with Crippen LogP contribution in [0.1, 0.15) is 12.7 Å². The van der Waals surface area contributed by atoms with Crippen molar-refractivity contribution in [3.63, 3.8) is 0 Å². The van der Waals surface area contributed by atoms with Crippen LogP contribution in [-0.2, 0) is 22.5 Å². The number of nitrogens with zero attached hydrogens (tertiary/aromatic N) is 5. The standard InChI is InChI=1S/C10H12N6O3S/c1-3-6-11-7(17)4-8(12-6)20-10-13-14-15-16(10)5-9(18)19-2/h4H,3,5H2,1-2H3,(H,11,12,17). The highest BCUT2D eigenvalue weighted by Crippen LogP contribution is 2.22. The largest absolute Gasteiger partial charge is 0.468 e. The van der Waals surface area contributed by atoms with E-state index in [0.717, 1.165) is 11.8 Å². The van der Waals surface area contributed by atoms with Crippen LogP contribution >= 0.6 is 11.8 Å². The third kappa shape index (κ3) is 3.41. The molecule has 10 heteroatoms. The number of carbonyl (C=O) groups is 1. The van der Waals surface area contributed by atoms with Gasteiger partial charge in [0.05, 0.1) is 7.11 Å². The van der Waals surface area contributed by atoms with Gasteiger partial charge in [-0.1, -0.05) is 6.92 Å². The number of ether oxygens (including phenoxy) is 1. The molecule has 0 spiro atoms. The third-order valence-electron chi connectivity index (χ3n) is 2.30. The van der Waals surface area contributed by atoms with Crippen molar-refractivity contribution < 1.29 is 9.53 Å². The van der Waals surface area contributed by atoms with E-state index in [9.17, 15) is 9.59 Å². The minimum atomic E-state index is -0.465. The zero-order valence-corrected chi connectivity index (χ0v) is 11.7. The smallest absolute Gasteiger partial charge is 0.327 e. The number of H-pyrrole nitrogens is 1. The fourth-order valence-electron chi connectivity index (χ4n) is 1.35. The van der Waals surface area contributed by atoms with Gasteiger partial charge in [-0.2, -0.15) is 0 Å². The average Bonchev–Trinajstić information content (AvgIpc) is 2.85.